The minimum atomic E-state index is -3.51. The van der Waals surface area contributed by atoms with E-state index in [4.69, 9.17) is 11.6 Å². The molecule has 1 heterocycles. The zero-order valence-corrected chi connectivity index (χ0v) is 25.4. The van der Waals surface area contributed by atoms with Crippen LogP contribution >= 0.6 is 11.6 Å². The smallest absolute Gasteiger partial charge is 0.247 e. The second-order valence-corrected chi connectivity index (χ2v) is 12.8. The molecule has 0 atom stereocenters. The highest BCUT2D eigenvalue weighted by Gasteiger charge is 2.12. The number of benzene rings is 2. The van der Waals surface area contributed by atoms with E-state index in [0.29, 0.717) is 16.9 Å². The van der Waals surface area contributed by atoms with Gasteiger partial charge in [-0.1, -0.05) is 138 Å². The molecule has 0 saturated heterocycles. The molecule has 0 amide bonds. The van der Waals surface area contributed by atoms with Crippen molar-refractivity contribution in [2.45, 2.75) is 96.8 Å². The van der Waals surface area contributed by atoms with Crippen LogP contribution in [0.3, 0.4) is 0 Å². The van der Waals surface area contributed by atoms with Gasteiger partial charge in [-0.15, -0.1) is 5.10 Å². The van der Waals surface area contributed by atoms with E-state index in [1.165, 1.54) is 70.6 Å². The van der Waals surface area contributed by atoms with E-state index in [1.54, 1.807) is 0 Å². The molecule has 3 aromatic rings. The lowest BCUT2D eigenvalue weighted by Gasteiger charge is -2.13. The van der Waals surface area contributed by atoms with Gasteiger partial charge in [0.15, 0.2) is 5.49 Å². The fourth-order valence-electron chi connectivity index (χ4n) is 5.08. The molecule has 2 aromatic carbocycles. The summed E-state index contributed by atoms with van der Waals surface area (Å²) in [7, 11) is -1.62. The van der Waals surface area contributed by atoms with Gasteiger partial charge in [0, 0.05) is 28.5 Å². The fraction of sp³-hybridized carbons (Fsp3) is 0.531. The van der Waals surface area contributed by atoms with E-state index in [2.05, 4.69) is 16.9 Å². The monoisotopic (exact) mass is 571 g/mol. The molecule has 0 spiro atoms. The van der Waals surface area contributed by atoms with Gasteiger partial charge in [0.05, 0.1) is 5.75 Å². The molecule has 0 fully saturated rings. The molecule has 214 valence electrons. The van der Waals surface area contributed by atoms with Crippen molar-refractivity contribution >= 4 is 32.5 Å². The van der Waals surface area contributed by atoms with Crippen molar-refractivity contribution in [1.29, 1.82) is 0 Å². The summed E-state index contributed by atoms with van der Waals surface area (Å²) in [5.74, 6) is 0.0865. The number of nitrogens with zero attached hydrogens (tertiary/aromatic N) is 2. The average molecular weight is 572 g/mol. The summed E-state index contributed by atoms with van der Waals surface area (Å²) < 4.78 is 27.2. The SMILES string of the molecule is CCCCCCCCCCCCCCCCS(=O)(=O)N/N=c1/cc(-c2ccccc2Cl)c2ccccc2n1C. The quantitative estimate of drug-likeness (QED) is 0.122. The number of pyridine rings is 1. The zero-order chi connectivity index (χ0) is 27.9. The minimum Gasteiger partial charge on any atom is -0.327 e. The van der Waals surface area contributed by atoms with Gasteiger partial charge in [-0.3, -0.25) is 0 Å². The van der Waals surface area contributed by atoms with Gasteiger partial charge in [-0.2, -0.15) is 0 Å². The van der Waals surface area contributed by atoms with Crippen LogP contribution in [0.25, 0.3) is 22.0 Å². The van der Waals surface area contributed by atoms with Crippen LogP contribution in [0.4, 0.5) is 0 Å². The van der Waals surface area contributed by atoms with Crippen molar-refractivity contribution in [1.82, 2.24) is 9.40 Å². The van der Waals surface area contributed by atoms with E-state index >= 15 is 0 Å². The number of nitrogens with one attached hydrogen (secondary N) is 1. The first-order valence-electron chi connectivity index (χ1n) is 14.8. The largest absolute Gasteiger partial charge is 0.327 e. The molecule has 0 unspecified atom stereocenters. The van der Waals surface area contributed by atoms with Crippen LogP contribution in [0.15, 0.2) is 59.7 Å². The maximum atomic E-state index is 12.7. The van der Waals surface area contributed by atoms with Crippen molar-refractivity contribution in [3.8, 4) is 11.1 Å². The summed E-state index contributed by atoms with van der Waals surface area (Å²) in [6.45, 7) is 2.26. The predicted molar refractivity (Wildman–Crippen MR) is 166 cm³/mol. The summed E-state index contributed by atoms with van der Waals surface area (Å²) in [6, 6.07) is 17.5. The average Bonchev–Trinajstić information content (AvgIpc) is 2.93. The molecule has 3 rings (SSSR count). The number of fused-ring (bicyclic) bond motifs is 1. The van der Waals surface area contributed by atoms with Crippen molar-refractivity contribution in [2.75, 3.05) is 5.75 Å². The molecule has 1 N–H and O–H groups in total. The third-order valence-corrected chi connectivity index (χ3v) is 8.93. The molecular formula is C32H46ClN3O2S. The standard InChI is InChI=1S/C32H46ClN3O2S/c1-3-4-5-6-7-8-9-10-11-12-13-14-15-20-25-39(37,38)35-34-32-26-29(27-21-16-18-23-30(27)33)28-22-17-19-24-31(28)36(32)2/h16-19,21-24,26,35H,3-15,20,25H2,1-2H3/b34-32-. The molecule has 39 heavy (non-hydrogen) atoms. The molecule has 0 bridgehead atoms. The highest BCUT2D eigenvalue weighted by molar-refractivity contribution is 7.89. The van der Waals surface area contributed by atoms with E-state index in [-0.39, 0.29) is 5.75 Å². The number of unbranched alkanes of at least 4 members (excludes halogenated alkanes) is 13. The summed E-state index contributed by atoms with van der Waals surface area (Å²) in [5.41, 5.74) is 3.27. The molecular weight excluding hydrogens is 526 g/mol. The molecule has 0 aliphatic heterocycles. The predicted octanol–water partition coefficient (Wildman–Crippen LogP) is 8.72. The van der Waals surface area contributed by atoms with Gasteiger partial charge in [-0.25, -0.2) is 13.2 Å². The molecule has 0 aliphatic rings. The highest BCUT2D eigenvalue weighted by Crippen LogP contribution is 2.32. The topological polar surface area (TPSA) is 63.5 Å². The van der Waals surface area contributed by atoms with Gasteiger partial charge in [0.2, 0.25) is 10.0 Å². The Bertz CT molecular complexity index is 1330. The van der Waals surface area contributed by atoms with Crippen LogP contribution in [0, 0.1) is 0 Å². The van der Waals surface area contributed by atoms with Crippen molar-refractivity contribution in [2.24, 2.45) is 12.1 Å². The van der Waals surface area contributed by atoms with E-state index in [9.17, 15) is 8.42 Å². The number of para-hydroxylation sites is 1. The van der Waals surface area contributed by atoms with E-state index in [0.717, 1.165) is 34.9 Å². The molecule has 5 nitrogen and oxygen atoms in total. The summed E-state index contributed by atoms with van der Waals surface area (Å²) in [4.78, 5) is 2.46. The van der Waals surface area contributed by atoms with Crippen LogP contribution in [0.5, 0.6) is 0 Å². The fourth-order valence-corrected chi connectivity index (χ4v) is 6.22. The molecule has 1 aromatic heterocycles. The third kappa shape index (κ3) is 10.3. The van der Waals surface area contributed by atoms with Crippen LogP contribution in [-0.4, -0.2) is 18.7 Å². The lowest BCUT2D eigenvalue weighted by Crippen LogP contribution is -2.28. The highest BCUT2D eigenvalue weighted by atomic mass is 35.5. The first-order valence-corrected chi connectivity index (χ1v) is 16.8. The maximum absolute atomic E-state index is 12.7. The Hall–Kier alpha value is -2.31. The maximum Gasteiger partial charge on any atom is 0.247 e. The van der Waals surface area contributed by atoms with Crippen LogP contribution < -0.4 is 10.3 Å². The van der Waals surface area contributed by atoms with Gasteiger partial charge in [-0.05, 0) is 30.2 Å². The molecule has 0 saturated carbocycles. The van der Waals surface area contributed by atoms with Crippen molar-refractivity contribution < 1.29 is 8.42 Å². The number of hydrogen-bond donors (Lipinski definition) is 1. The van der Waals surface area contributed by atoms with Gasteiger partial charge < -0.3 is 4.57 Å². The van der Waals surface area contributed by atoms with Gasteiger partial charge >= 0.3 is 0 Å². The summed E-state index contributed by atoms with van der Waals surface area (Å²) >= 11 is 6.50. The lowest BCUT2D eigenvalue weighted by molar-refractivity contribution is 0.536. The van der Waals surface area contributed by atoms with Gasteiger partial charge in [0.25, 0.3) is 0 Å². The number of sulfonamides is 1. The Morgan fingerprint density at radius 2 is 1.28 bits per heavy atom. The Kier molecular flexibility index (Phi) is 13.4. The Morgan fingerprint density at radius 1 is 0.744 bits per heavy atom. The first kappa shape index (κ1) is 31.2. The number of rotatable bonds is 18. The second-order valence-electron chi connectivity index (χ2n) is 10.6. The van der Waals surface area contributed by atoms with Gasteiger partial charge in [0.1, 0.15) is 0 Å². The Balaban J connectivity index is 1.46. The molecule has 0 aliphatic carbocycles. The first-order chi connectivity index (χ1) is 18.9. The van der Waals surface area contributed by atoms with Crippen molar-refractivity contribution in [3.05, 3.63) is 65.1 Å². The Morgan fingerprint density at radius 3 is 1.90 bits per heavy atom. The number of aryl methyl sites for hydroxylation is 1. The molecule has 0 radical (unpaired) electrons. The van der Waals surface area contributed by atoms with Crippen LogP contribution in [-0.2, 0) is 17.1 Å². The minimum absolute atomic E-state index is 0.0865. The Labute approximate surface area is 240 Å². The van der Waals surface area contributed by atoms with Crippen LogP contribution in [0.1, 0.15) is 96.8 Å². The number of aromatic nitrogens is 1. The number of halogens is 1. The molecule has 7 heteroatoms. The second kappa shape index (κ2) is 16.7. The van der Waals surface area contributed by atoms with Crippen LogP contribution in [0.2, 0.25) is 5.02 Å². The third-order valence-electron chi connectivity index (χ3n) is 7.40. The zero-order valence-electron chi connectivity index (χ0n) is 23.8. The van der Waals surface area contributed by atoms with E-state index < -0.39 is 10.0 Å². The summed E-state index contributed by atoms with van der Waals surface area (Å²) in [5, 5.41) is 5.97. The normalized spacial score (nSPS) is 12.3. The summed E-state index contributed by atoms with van der Waals surface area (Å²) in [6.07, 6.45) is 17.3. The number of hydrogen-bond acceptors (Lipinski definition) is 3. The van der Waals surface area contributed by atoms with Crippen molar-refractivity contribution in [3.63, 3.8) is 0 Å². The van der Waals surface area contributed by atoms with E-state index in [1.807, 2.05) is 66.2 Å². The lowest BCUT2D eigenvalue weighted by atomic mass is 10.0.